The van der Waals surface area contributed by atoms with Crippen LogP contribution < -0.4 is 14.2 Å². The van der Waals surface area contributed by atoms with Crippen LogP contribution in [0.2, 0.25) is 0 Å². The lowest BCUT2D eigenvalue weighted by Gasteiger charge is -2.59. The Morgan fingerprint density at radius 1 is 1.09 bits per heavy atom. The molecule has 1 heterocycles. The number of hydrogen-bond donors (Lipinski definition) is 1. The molecule has 0 saturated heterocycles. The van der Waals surface area contributed by atoms with E-state index >= 15 is 0 Å². The fraction of sp³-hybridized carbons (Fsp3) is 0.679. The second-order valence-electron chi connectivity index (χ2n) is 11.7. The molecule has 178 valence electrons. The minimum Gasteiger partial charge on any atom is -0.493 e. The molecule has 0 radical (unpaired) electrons. The van der Waals surface area contributed by atoms with Gasteiger partial charge < -0.3 is 19.3 Å². The van der Waals surface area contributed by atoms with Crippen LogP contribution >= 0.6 is 0 Å². The van der Waals surface area contributed by atoms with Gasteiger partial charge in [0, 0.05) is 5.41 Å². The molecule has 4 aliphatic carbocycles. The summed E-state index contributed by atoms with van der Waals surface area (Å²) in [6, 6.07) is 3.90. The molecule has 1 N–H and O–H groups in total. The molecule has 33 heavy (non-hydrogen) atoms. The first-order chi connectivity index (χ1) is 15.8. The zero-order valence-corrected chi connectivity index (χ0v) is 20.1. The van der Waals surface area contributed by atoms with E-state index in [0.29, 0.717) is 52.1 Å². The van der Waals surface area contributed by atoms with Gasteiger partial charge in [-0.3, -0.25) is 4.79 Å². The van der Waals surface area contributed by atoms with Gasteiger partial charge in [-0.1, -0.05) is 13.8 Å². The number of Topliss-reactive ketones (excluding diaryl/α,β-unsaturated/α-hetero) is 1. The molecule has 5 heteroatoms. The van der Waals surface area contributed by atoms with E-state index in [0.717, 1.165) is 49.7 Å². The Hall–Kier alpha value is -2.01. The molecule has 7 atom stereocenters. The van der Waals surface area contributed by atoms with E-state index in [-0.39, 0.29) is 18.3 Å². The van der Waals surface area contributed by atoms with Crippen LogP contribution in [0.25, 0.3) is 6.08 Å². The number of carbonyl (C=O) groups excluding carboxylic acids is 1. The van der Waals surface area contributed by atoms with Gasteiger partial charge in [-0.2, -0.15) is 0 Å². The minimum atomic E-state index is -0.245. The second-order valence-corrected chi connectivity index (χ2v) is 11.7. The highest BCUT2D eigenvalue weighted by Crippen LogP contribution is 2.66. The predicted octanol–water partition coefficient (Wildman–Crippen LogP) is 5.39. The van der Waals surface area contributed by atoms with Gasteiger partial charge in [0.05, 0.1) is 13.2 Å². The van der Waals surface area contributed by atoms with E-state index in [4.69, 9.17) is 14.2 Å². The topological polar surface area (TPSA) is 65.0 Å². The summed E-state index contributed by atoms with van der Waals surface area (Å²) in [5.41, 5.74) is 1.97. The van der Waals surface area contributed by atoms with Crippen LogP contribution in [0, 0.1) is 34.5 Å². The Bertz CT molecular complexity index is 1010. The van der Waals surface area contributed by atoms with Crippen molar-refractivity contribution >= 4 is 11.9 Å². The van der Waals surface area contributed by atoms with E-state index in [1.165, 1.54) is 12.8 Å². The van der Waals surface area contributed by atoms with Gasteiger partial charge >= 0.3 is 0 Å². The van der Waals surface area contributed by atoms with Crippen molar-refractivity contribution in [3.63, 3.8) is 0 Å². The summed E-state index contributed by atoms with van der Waals surface area (Å²) >= 11 is 0. The van der Waals surface area contributed by atoms with Crippen LogP contribution in [0.3, 0.4) is 0 Å². The number of rotatable bonds is 2. The average molecular weight is 453 g/mol. The van der Waals surface area contributed by atoms with Gasteiger partial charge in [-0.05, 0) is 110 Å². The van der Waals surface area contributed by atoms with Crippen LogP contribution in [-0.4, -0.2) is 30.9 Å². The van der Waals surface area contributed by atoms with Crippen molar-refractivity contribution in [3.05, 3.63) is 23.3 Å². The lowest BCUT2D eigenvalue weighted by molar-refractivity contribution is -0.141. The maximum atomic E-state index is 13.7. The number of carbonyl (C=O) groups is 1. The van der Waals surface area contributed by atoms with Gasteiger partial charge in [0.25, 0.3) is 0 Å². The van der Waals surface area contributed by atoms with Crippen LogP contribution in [0.5, 0.6) is 17.2 Å². The molecule has 5 aliphatic rings. The minimum absolute atomic E-state index is 0.116. The highest BCUT2D eigenvalue weighted by molar-refractivity contribution is 6.06. The van der Waals surface area contributed by atoms with Crippen molar-refractivity contribution in [1.29, 1.82) is 0 Å². The Balaban J connectivity index is 1.31. The summed E-state index contributed by atoms with van der Waals surface area (Å²) in [7, 11) is 1.63. The quantitative estimate of drug-likeness (QED) is 0.610. The summed E-state index contributed by atoms with van der Waals surface area (Å²) < 4.78 is 16.6. The van der Waals surface area contributed by atoms with Crippen molar-refractivity contribution < 1.29 is 24.1 Å². The third-order valence-electron chi connectivity index (χ3n) is 10.3. The Morgan fingerprint density at radius 3 is 2.76 bits per heavy atom. The number of aliphatic hydroxyl groups is 1. The monoisotopic (exact) mass is 452 g/mol. The summed E-state index contributed by atoms with van der Waals surface area (Å²) in [6.07, 6.45) is 10.4. The molecule has 1 aromatic carbocycles. The summed E-state index contributed by atoms with van der Waals surface area (Å²) in [4.78, 5) is 13.7. The highest BCUT2D eigenvalue weighted by Gasteiger charge is 2.61. The van der Waals surface area contributed by atoms with Gasteiger partial charge in [0.15, 0.2) is 17.3 Å². The fourth-order valence-corrected chi connectivity index (χ4v) is 8.47. The first-order valence-electron chi connectivity index (χ1n) is 12.7. The van der Waals surface area contributed by atoms with Crippen molar-refractivity contribution in [1.82, 2.24) is 0 Å². The van der Waals surface area contributed by atoms with Gasteiger partial charge in [0.2, 0.25) is 12.5 Å². The molecule has 0 aromatic heterocycles. The largest absolute Gasteiger partial charge is 0.493 e. The van der Waals surface area contributed by atoms with Gasteiger partial charge in [-0.15, -0.1) is 0 Å². The first-order valence-corrected chi connectivity index (χ1v) is 12.7. The molecule has 0 amide bonds. The Morgan fingerprint density at radius 2 is 1.94 bits per heavy atom. The average Bonchev–Trinajstić information content (AvgIpc) is 3.37. The van der Waals surface area contributed by atoms with E-state index in [1.807, 2.05) is 12.1 Å². The maximum absolute atomic E-state index is 13.7. The number of ether oxygens (including phenoxy) is 3. The van der Waals surface area contributed by atoms with Crippen LogP contribution in [0.15, 0.2) is 17.7 Å². The molecule has 0 bridgehead atoms. The maximum Gasteiger partial charge on any atom is 0.231 e. The third kappa shape index (κ3) is 3.10. The number of hydrogen-bond acceptors (Lipinski definition) is 5. The van der Waals surface area contributed by atoms with Crippen LogP contribution in [0.1, 0.15) is 70.8 Å². The zero-order valence-electron chi connectivity index (χ0n) is 20.1. The highest BCUT2D eigenvalue weighted by atomic mass is 16.7. The van der Waals surface area contributed by atoms with E-state index in [9.17, 15) is 9.90 Å². The van der Waals surface area contributed by atoms with E-state index < -0.39 is 0 Å². The summed E-state index contributed by atoms with van der Waals surface area (Å²) in [6.45, 7) is 4.93. The molecular weight excluding hydrogens is 416 g/mol. The molecule has 6 rings (SSSR count). The number of fused-ring (bicyclic) bond motifs is 6. The van der Waals surface area contributed by atoms with Crippen LogP contribution in [-0.2, 0) is 4.79 Å². The SMILES string of the molecule is COc1cc(/C=C2\C[C@@H]3[C@@H]4CC[C@H]5C[C@H](O)CC[C@]5(C)[C@@H]4CC[C@]3(C)C2=O)cc2c1OCO2. The molecule has 0 spiro atoms. The van der Waals surface area contributed by atoms with Crippen molar-refractivity contribution in [2.75, 3.05) is 13.9 Å². The molecule has 4 saturated carbocycles. The second kappa shape index (κ2) is 7.49. The van der Waals surface area contributed by atoms with Crippen molar-refractivity contribution in [2.24, 2.45) is 34.5 Å². The third-order valence-corrected chi connectivity index (χ3v) is 10.3. The zero-order chi connectivity index (χ0) is 23.0. The molecule has 0 unspecified atom stereocenters. The number of ketones is 1. The van der Waals surface area contributed by atoms with Crippen LogP contribution in [0.4, 0.5) is 0 Å². The molecule has 1 aromatic rings. The molecular formula is C28H36O5. The standard InChI is InChI=1S/C28H36O5/c1-27-8-6-19(29)14-18(27)4-5-20-21(27)7-9-28(2)22(20)13-17(26(28)30)10-16-11-23(31-3)25-24(12-16)32-15-33-25/h10-12,18-22,29H,4-9,13-15H2,1-3H3/b17-10+/t18-,19+,20+,21+,22+,27-,28-/m0/s1. The predicted molar refractivity (Wildman–Crippen MR) is 125 cm³/mol. The smallest absolute Gasteiger partial charge is 0.231 e. The summed E-state index contributed by atoms with van der Waals surface area (Å²) in [5.74, 6) is 4.67. The van der Waals surface area contributed by atoms with Crippen molar-refractivity contribution in [3.8, 4) is 17.2 Å². The number of allylic oxidation sites excluding steroid dienone is 1. The first kappa shape index (κ1) is 21.5. The fourth-order valence-electron chi connectivity index (χ4n) is 8.47. The molecule has 1 aliphatic heterocycles. The number of benzene rings is 1. The van der Waals surface area contributed by atoms with Gasteiger partial charge in [-0.25, -0.2) is 0 Å². The molecule has 5 nitrogen and oxygen atoms in total. The lowest BCUT2D eigenvalue weighted by Crippen LogP contribution is -2.54. The van der Waals surface area contributed by atoms with E-state index in [1.54, 1.807) is 7.11 Å². The number of methoxy groups -OCH3 is 1. The van der Waals surface area contributed by atoms with Crippen molar-refractivity contribution in [2.45, 2.75) is 71.3 Å². The van der Waals surface area contributed by atoms with Gasteiger partial charge in [0.1, 0.15) is 0 Å². The lowest BCUT2D eigenvalue weighted by atomic mass is 9.45. The normalized spacial score (nSPS) is 42.6. The Labute approximate surface area is 196 Å². The summed E-state index contributed by atoms with van der Waals surface area (Å²) in [5, 5.41) is 10.3. The number of aliphatic hydroxyl groups excluding tert-OH is 1. The van der Waals surface area contributed by atoms with E-state index in [2.05, 4.69) is 19.9 Å². The molecule has 4 fully saturated rings. The Kier molecular flexibility index (Phi) is 4.89.